The lowest BCUT2D eigenvalue weighted by Gasteiger charge is -2.25. The van der Waals surface area contributed by atoms with Gasteiger partial charge in [0.15, 0.2) is 5.84 Å². The minimum Gasteiger partial charge on any atom is -0.409 e. The van der Waals surface area contributed by atoms with Gasteiger partial charge in [0.25, 0.3) is 0 Å². The monoisotopic (exact) mass is 299 g/mol. The van der Waals surface area contributed by atoms with Crippen molar-refractivity contribution in [1.82, 2.24) is 5.32 Å². The van der Waals surface area contributed by atoms with Gasteiger partial charge in [-0.2, -0.15) is 0 Å². The molecule has 0 atom stereocenters. The molecule has 112 valence electrons. The van der Waals surface area contributed by atoms with Crippen LogP contribution in [0.1, 0.15) is 31.9 Å². The molecule has 0 aliphatic rings. The predicted molar refractivity (Wildman–Crippen MR) is 81.4 cm³/mol. The number of hydrogen-bond donors (Lipinski definition) is 3. The number of amidine groups is 1. The van der Waals surface area contributed by atoms with Crippen LogP contribution in [0.3, 0.4) is 0 Å². The molecule has 1 aromatic rings. The van der Waals surface area contributed by atoms with Crippen molar-refractivity contribution in [2.75, 3.05) is 13.2 Å². The molecule has 0 heterocycles. The summed E-state index contributed by atoms with van der Waals surface area (Å²) in [7, 11) is 0. The number of hydrogen-bond acceptors (Lipinski definition) is 4. The Morgan fingerprint density at radius 3 is 2.75 bits per heavy atom. The molecule has 0 spiro atoms. The number of halogens is 1. The smallest absolute Gasteiger partial charge is 0.170 e. The van der Waals surface area contributed by atoms with E-state index in [4.69, 9.17) is 27.3 Å². The second kappa shape index (κ2) is 7.47. The molecule has 0 radical (unpaired) electrons. The maximum atomic E-state index is 8.62. The zero-order valence-corrected chi connectivity index (χ0v) is 12.9. The van der Waals surface area contributed by atoms with Crippen molar-refractivity contribution in [2.45, 2.75) is 32.9 Å². The minimum atomic E-state index is -0.213. The number of rotatable bonds is 7. The van der Waals surface area contributed by atoms with Gasteiger partial charge in [-0.3, -0.25) is 0 Å². The van der Waals surface area contributed by atoms with Crippen LogP contribution in [0.2, 0.25) is 5.02 Å². The summed E-state index contributed by atoms with van der Waals surface area (Å²) in [5.41, 5.74) is 6.85. The Labute approximate surface area is 124 Å². The Morgan fingerprint density at radius 2 is 2.20 bits per heavy atom. The van der Waals surface area contributed by atoms with Crippen LogP contribution >= 0.6 is 11.6 Å². The molecule has 4 N–H and O–H groups in total. The molecular formula is C14H22ClN3O2. The molecule has 1 rings (SSSR count). The molecule has 0 aliphatic heterocycles. The van der Waals surface area contributed by atoms with Crippen molar-refractivity contribution in [3.8, 4) is 0 Å². The SMILES string of the molecule is CCOC(C)(C)CNCc1ccc(/C(N)=N/O)cc1Cl. The van der Waals surface area contributed by atoms with E-state index in [1.807, 2.05) is 26.8 Å². The van der Waals surface area contributed by atoms with Gasteiger partial charge in [0.1, 0.15) is 0 Å². The molecule has 0 aliphatic carbocycles. The fourth-order valence-corrected chi connectivity index (χ4v) is 2.10. The first kappa shape index (κ1) is 16.8. The molecule has 6 heteroatoms. The quantitative estimate of drug-likeness (QED) is 0.312. The van der Waals surface area contributed by atoms with Crippen LogP contribution < -0.4 is 11.1 Å². The van der Waals surface area contributed by atoms with Crippen LogP contribution in [0.5, 0.6) is 0 Å². The number of nitrogens with two attached hydrogens (primary N) is 1. The molecule has 0 saturated carbocycles. The van der Waals surface area contributed by atoms with E-state index in [0.717, 1.165) is 12.1 Å². The lowest BCUT2D eigenvalue weighted by molar-refractivity contribution is -0.00897. The molecule has 0 fully saturated rings. The fraction of sp³-hybridized carbons (Fsp3) is 0.500. The summed E-state index contributed by atoms with van der Waals surface area (Å²) in [4.78, 5) is 0. The zero-order valence-electron chi connectivity index (χ0n) is 12.1. The molecule has 20 heavy (non-hydrogen) atoms. The third kappa shape index (κ3) is 5.00. The highest BCUT2D eigenvalue weighted by Gasteiger charge is 2.16. The van der Waals surface area contributed by atoms with E-state index >= 15 is 0 Å². The molecule has 1 aromatic carbocycles. The lowest BCUT2D eigenvalue weighted by Crippen LogP contribution is -2.37. The average Bonchev–Trinajstić information content (AvgIpc) is 2.39. The summed E-state index contributed by atoms with van der Waals surface area (Å²) in [6, 6.07) is 5.31. The lowest BCUT2D eigenvalue weighted by atomic mass is 10.1. The molecule has 0 saturated heterocycles. The van der Waals surface area contributed by atoms with Crippen molar-refractivity contribution in [2.24, 2.45) is 10.9 Å². The Bertz CT molecular complexity index is 475. The highest BCUT2D eigenvalue weighted by atomic mass is 35.5. The zero-order chi connectivity index (χ0) is 15.2. The van der Waals surface area contributed by atoms with Gasteiger partial charge in [-0.15, -0.1) is 0 Å². The van der Waals surface area contributed by atoms with Gasteiger partial charge in [-0.05, 0) is 32.4 Å². The van der Waals surface area contributed by atoms with Crippen LogP contribution in [0, 0.1) is 0 Å². The second-order valence-corrected chi connectivity index (χ2v) is 5.49. The summed E-state index contributed by atoms with van der Waals surface area (Å²) < 4.78 is 5.61. The van der Waals surface area contributed by atoms with Crippen LogP contribution in [0.4, 0.5) is 0 Å². The summed E-state index contributed by atoms with van der Waals surface area (Å²) in [5.74, 6) is 0.0453. The first-order chi connectivity index (χ1) is 9.39. The number of oxime groups is 1. The van der Waals surface area contributed by atoms with Gasteiger partial charge < -0.3 is 21.0 Å². The fourth-order valence-electron chi connectivity index (χ4n) is 1.85. The number of ether oxygens (including phenoxy) is 1. The third-order valence-electron chi connectivity index (χ3n) is 2.86. The highest BCUT2D eigenvalue weighted by Crippen LogP contribution is 2.18. The van der Waals surface area contributed by atoms with Crippen molar-refractivity contribution in [3.63, 3.8) is 0 Å². The van der Waals surface area contributed by atoms with E-state index in [-0.39, 0.29) is 11.4 Å². The summed E-state index contributed by atoms with van der Waals surface area (Å²) in [6.45, 7) is 8.08. The number of nitrogens with zero attached hydrogens (tertiary/aromatic N) is 1. The van der Waals surface area contributed by atoms with Gasteiger partial charge in [0.2, 0.25) is 0 Å². The van der Waals surface area contributed by atoms with Crippen LogP contribution in [-0.4, -0.2) is 29.8 Å². The number of benzene rings is 1. The van der Waals surface area contributed by atoms with E-state index in [1.54, 1.807) is 12.1 Å². The first-order valence-electron chi connectivity index (χ1n) is 6.50. The third-order valence-corrected chi connectivity index (χ3v) is 3.21. The maximum absolute atomic E-state index is 8.62. The van der Waals surface area contributed by atoms with Gasteiger partial charge in [0.05, 0.1) is 5.60 Å². The van der Waals surface area contributed by atoms with E-state index in [2.05, 4.69) is 10.5 Å². The molecule has 0 aromatic heterocycles. The van der Waals surface area contributed by atoms with Gasteiger partial charge in [-0.25, -0.2) is 0 Å². The van der Waals surface area contributed by atoms with Gasteiger partial charge in [-0.1, -0.05) is 28.9 Å². The Kier molecular flexibility index (Phi) is 6.26. The second-order valence-electron chi connectivity index (χ2n) is 5.09. The van der Waals surface area contributed by atoms with Crippen LogP contribution in [0.15, 0.2) is 23.4 Å². The molecule has 5 nitrogen and oxygen atoms in total. The molecule has 0 unspecified atom stereocenters. The normalized spacial score (nSPS) is 12.7. The van der Waals surface area contributed by atoms with E-state index in [0.29, 0.717) is 23.7 Å². The molecular weight excluding hydrogens is 278 g/mol. The standard InChI is InChI=1S/C14H22ClN3O2/c1-4-20-14(2,3)9-17-8-11-6-5-10(7-12(11)15)13(16)18-19/h5-7,17,19H,4,8-9H2,1-3H3,(H2,16,18). The minimum absolute atomic E-state index is 0.0453. The largest absolute Gasteiger partial charge is 0.409 e. The summed E-state index contributed by atoms with van der Waals surface area (Å²) in [6.07, 6.45) is 0. The van der Waals surface area contributed by atoms with Gasteiger partial charge >= 0.3 is 0 Å². The van der Waals surface area contributed by atoms with Crippen molar-refractivity contribution >= 4 is 17.4 Å². The summed E-state index contributed by atoms with van der Waals surface area (Å²) in [5, 5.41) is 15.5. The van der Waals surface area contributed by atoms with Gasteiger partial charge in [0, 0.05) is 30.3 Å². The summed E-state index contributed by atoms with van der Waals surface area (Å²) >= 11 is 6.18. The average molecular weight is 300 g/mol. The van der Waals surface area contributed by atoms with E-state index in [9.17, 15) is 0 Å². The Morgan fingerprint density at radius 1 is 1.50 bits per heavy atom. The van der Waals surface area contributed by atoms with Crippen molar-refractivity contribution < 1.29 is 9.94 Å². The number of nitrogens with one attached hydrogen (secondary N) is 1. The molecule has 0 amide bonds. The topological polar surface area (TPSA) is 79.9 Å². The first-order valence-corrected chi connectivity index (χ1v) is 6.88. The van der Waals surface area contributed by atoms with E-state index < -0.39 is 0 Å². The Hall–Kier alpha value is -1.30. The van der Waals surface area contributed by atoms with Crippen LogP contribution in [-0.2, 0) is 11.3 Å². The maximum Gasteiger partial charge on any atom is 0.170 e. The Balaban J connectivity index is 2.62. The highest BCUT2D eigenvalue weighted by molar-refractivity contribution is 6.31. The van der Waals surface area contributed by atoms with Crippen molar-refractivity contribution in [3.05, 3.63) is 34.3 Å². The predicted octanol–water partition coefficient (Wildman–Crippen LogP) is 2.34. The van der Waals surface area contributed by atoms with Crippen LogP contribution in [0.25, 0.3) is 0 Å². The van der Waals surface area contributed by atoms with E-state index in [1.165, 1.54) is 0 Å². The van der Waals surface area contributed by atoms with Crippen molar-refractivity contribution in [1.29, 1.82) is 0 Å². The molecule has 0 bridgehead atoms.